The second kappa shape index (κ2) is 12.8. The van der Waals surface area contributed by atoms with Crippen molar-refractivity contribution in [2.24, 2.45) is 0 Å². The Balaban J connectivity index is 1.47. The number of hydrogen-bond acceptors (Lipinski definition) is 0. The van der Waals surface area contributed by atoms with Crippen LogP contribution in [0.3, 0.4) is 0 Å². The predicted octanol–water partition coefficient (Wildman–Crippen LogP) is 9.40. The van der Waals surface area contributed by atoms with Crippen molar-refractivity contribution in [3.05, 3.63) is 83.9 Å². The van der Waals surface area contributed by atoms with Gasteiger partial charge in [0.2, 0.25) is 0 Å². The quantitative estimate of drug-likeness (QED) is 0.217. The molecule has 0 aromatic heterocycles. The molecule has 0 nitrogen and oxygen atoms in total. The standard InChI is InChI=1S/C30H44/c1-29(2,27-21-15-13-16-22-27)25-19-11-9-7-5-6-8-10-12-20-26-30(3,4)28-23-17-14-18-24-28/h13-19,21-25H,5-12,20,26H2,1-4H3. The van der Waals surface area contributed by atoms with E-state index in [0.717, 1.165) is 0 Å². The smallest absolute Gasteiger partial charge is 0.00753 e. The molecule has 0 aliphatic heterocycles. The van der Waals surface area contributed by atoms with Gasteiger partial charge < -0.3 is 0 Å². The van der Waals surface area contributed by atoms with Crippen molar-refractivity contribution in [1.82, 2.24) is 0 Å². The Labute approximate surface area is 186 Å². The molecule has 0 unspecified atom stereocenters. The molecule has 0 aliphatic carbocycles. The second-order valence-corrected chi connectivity index (χ2v) is 10.1. The Morgan fingerprint density at radius 2 is 1.03 bits per heavy atom. The third-order valence-electron chi connectivity index (χ3n) is 6.53. The summed E-state index contributed by atoms with van der Waals surface area (Å²) in [4.78, 5) is 0. The lowest BCUT2D eigenvalue weighted by atomic mass is 9.80. The normalized spacial score (nSPS) is 12.5. The highest BCUT2D eigenvalue weighted by atomic mass is 14.2. The first-order chi connectivity index (χ1) is 14.4. The van der Waals surface area contributed by atoms with Crippen LogP contribution in [0.15, 0.2) is 72.8 Å². The lowest BCUT2D eigenvalue weighted by molar-refractivity contribution is 0.441. The summed E-state index contributed by atoms with van der Waals surface area (Å²) in [7, 11) is 0. The Hall–Kier alpha value is -1.82. The molecule has 0 atom stereocenters. The molecule has 2 aromatic rings. The molecule has 0 heteroatoms. The number of benzene rings is 2. The zero-order valence-corrected chi connectivity index (χ0v) is 20.0. The van der Waals surface area contributed by atoms with E-state index in [2.05, 4.69) is 101 Å². The molecular formula is C30H44. The van der Waals surface area contributed by atoms with Crippen molar-refractivity contribution < 1.29 is 0 Å². The molecule has 0 fully saturated rings. The molecule has 2 rings (SSSR count). The van der Waals surface area contributed by atoms with Crippen molar-refractivity contribution in [3.8, 4) is 0 Å². The summed E-state index contributed by atoms with van der Waals surface area (Å²) < 4.78 is 0. The molecule has 0 N–H and O–H groups in total. The minimum absolute atomic E-state index is 0.135. The van der Waals surface area contributed by atoms with Gasteiger partial charge in [-0.15, -0.1) is 0 Å². The fourth-order valence-corrected chi connectivity index (χ4v) is 4.27. The maximum Gasteiger partial charge on any atom is 0.00753 e. The zero-order chi connectivity index (χ0) is 21.7. The third kappa shape index (κ3) is 8.90. The average molecular weight is 405 g/mol. The van der Waals surface area contributed by atoms with Crippen LogP contribution in [-0.2, 0) is 10.8 Å². The summed E-state index contributed by atoms with van der Waals surface area (Å²) in [5.41, 5.74) is 3.32. The van der Waals surface area contributed by atoms with Gasteiger partial charge in [0.05, 0.1) is 0 Å². The Morgan fingerprint density at radius 3 is 1.60 bits per heavy atom. The van der Waals surface area contributed by atoms with Gasteiger partial charge in [-0.3, -0.25) is 0 Å². The van der Waals surface area contributed by atoms with Crippen molar-refractivity contribution >= 4 is 0 Å². The molecular weight excluding hydrogens is 360 g/mol. The van der Waals surface area contributed by atoms with E-state index in [1.165, 1.54) is 75.3 Å². The van der Waals surface area contributed by atoms with Crippen LogP contribution in [-0.4, -0.2) is 0 Å². The summed E-state index contributed by atoms with van der Waals surface area (Å²) in [6.07, 6.45) is 18.3. The van der Waals surface area contributed by atoms with Gasteiger partial charge >= 0.3 is 0 Å². The van der Waals surface area contributed by atoms with Crippen LogP contribution in [0, 0.1) is 0 Å². The van der Waals surface area contributed by atoms with E-state index in [1.807, 2.05) is 0 Å². The second-order valence-electron chi connectivity index (χ2n) is 10.1. The number of hydrogen-bond donors (Lipinski definition) is 0. The summed E-state index contributed by atoms with van der Waals surface area (Å²) in [6, 6.07) is 21.8. The lowest BCUT2D eigenvalue weighted by Crippen LogP contribution is -2.16. The van der Waals surface area contributed by atoms with E-state index in [9.17, 15) is 0 Å². The van der Waals surface area contributed by atoms with Crippen molar-refractivity contribution in [2.45, 2.75) is 103 Å². The van der Waals surface area contributed by atoms with Crippen LogP contribution in [0.5, 0.6) is 0 Å². The first kappa shape index (κ1) is 24.4. The predicted molar refractivity (Wildman–Crippen MR) is 134 cm³/mol. The van der Waals surface area contributed by atoms with Crippen LogP contribution < -0.4 is 0 Å². The molecule has 0 saturated carbocycles. The first-order valence-corrected chi connectivity index (χ1v) is 12.2. The van der Waals surface area contributed by atoms with E-state index in [1.54, 1.807) is 0 Å². The van der Waals surface area contributed by atoms with Gasteiger partial charge in [-0.2, -0.15) is 0 Å². The summed E-state index contributed by atoms with van der Waals surface area (Å²) in [6.45, 7) is 9.38. The van der Waals surface area contributed by atoms with Gasteiger partial charge in [-0.1, -0.05) is 145 Å². The fourth-order valence-electron chi connectivity index (χ4n) is 4.27. The largest absolute Gasteiger partial charge is 0.0877 e. The van der Waals surface area contributed by atoms with Gasteiger partial charge in [-0.05, 0) is 35.8 Å². The highest BCUT2D eigenvalue weighted by Crippen LogP contribution is 2.29. The van der Waals surface area contributed by atoms with Gasteiger partial charge in [-0.25, -0.2) is 0 Å². The third-order valence-corrected chi connectivity index (χ3v) is 6.53. The molecule has 0 bridgehead atoms. The molecule has 0 saturated heterocycles. The molecule has 2 aromatic carbocycles. The van der Waals surface area contributed by atoms with E-state index >= 15 is 0 Å². The number of rotatable bonds is 14. The van der Waals surface area contributed by atoms with E-state index < -0.39 is 0 Å². The average Bonchev–Trinajstić information content (AvgIpc) is 2.75. The highest BCUT2D eigenvalue weighted by molar-refractivity contribution is 5.28. The topological polar surface area (TPSA) is 0 Å². The highest BCUT2D eigenvalue weighted by Gasteiger charge is 2.19. The monoisotopic (exact) mass is 404 g/mol. The molecule has 0 spiro atoms. The maximum atomic E-state index is 2.39. The van der Waals surface area contributed by atoms with Gasteiger partial charge in [0, 0.05) is 5.41 Å². The molecule has 0 radical (unpaired) electrons. The zero-order valence-electron chi connectivity index (χ0n) is 20.0. The van der Waals surface area contributed by atoms with Crippen molar-refractivity contribution in [1.29, 1.82) is 0 Å². The summed E-state index contributed by atoms with van der Waals surface area (Å²) in [5, 5.41) is 0. The number of unbranched alkanes of at least 4 members (excludes halogenated alkanes) is 8. The van der Waals surface area contributed by atoms with Crippen LogP contribution >= 0.6 is 0 Å². The van der Waals surface area contributed by atoms with E-state index in [0.29, 0.717) is 5.41 Å². The first-order valence-electron chi connectivity index (χ1n) is 12.2. The summed E-state index contributed by atoms with van der Waals surface area (Å²) in [5.74, 6) is 0. The lowest BCUT2D eigenvalue weighted by Gasteiger charge is -2.25. The fraction of sp³-hybridized carbons (Fsp3) is 0.533. The molecule has 164 valence electrons. The van der Waals surface area contributed by atoms with Gasteiger partial charge in [0.15, 0.2) is 0 Å². The Kier molecular flexibility index (Phi) is 10.4. The SMILES string of the molecule is CC(C)(C=CCCCCCCCCCCC(C)(C)c1ccccc1)c1ccccc1. The minimum atomic E-state index is 0.135. The van der Waals surface area contributed by atoms with E-state index in [4.69, 9.17) is 0 Å². The molecule has 0 amide bonds. The van der Waals surface area contributed by atoms with Crippen molar-refractivity contribution in [3.63, 3.8) is 0 Å². The summed E-state index contributed by atoms with van der Waals surface area (Å²) >= 11 is 0. The molecule has 0 heterocycles. The Bertz CT molecular complexity index is 706. The van der Waals surface area contributed by atoms with Crippen LogP contribution in [0.25, 0.3) is 0 Å². The van der Waals surface area contributed by atoms with Gasteiger partial charge in [0.1, 0.15) is 0 Å². The van der Waals surface area contributed by atoms with Gasteiger partial charge in [0.25, 0.3) is 0 Å². The molecule has 0 aliphatic rings. The minimum Gasteiger partial charge on any atom is -0.0877 e. The number of allylic oxidation sites excluding steroid dienone is 2. The van der Waals surface area contributed by atoms with Crippen LogP contribution in [0.1, 0.15) is 103 Å². The van der Waals surface area contributed by atoms with E-state index in [-0.39, 0.29) is 5.41 Å². The van der Waals surface area contributed by atoms with Crippen LogP contribution in [0.2, 0.25) is 0 Å². The van der Waals surface area contributed by atoms with Crippen molar-refractivity contribution in [2.75, 3.05) is 0 Å². The maximum absolute atomic E-state index is 2.39. The molecule has 30 heavy (non-hydrogen) atoms. The van der Waals surface area contributed by atoms with Crippen LogP contribution in [0.4, 0.5) is 0 Å². The Morgan fingerprint density at radius 1 is 0.567 bits per heavy atom.